The highest BCUT2D eigenvalue weighted by atomic mass is 16.5. The van der Waals surface area contributed by atoms with Crippen molar-refractivity contribution in [1.82, 2.24) is 15.3 Å². The van der Waals surface area contributed by atoms with Crippen molar-refractivity contribution < 1.29 is 9.53 Å². The smallest absolute Gasteiger partial charge is 0.251 e. The fourth-order valence-corrected chi connectivity index (χ4v) is 2.74. The summed E-state index contributed by atoms with van der Waals surface area (Å²) in [7, 11) is 0. The van der Waals surface area contributed by atoms with Gasteiger partial charge in [-0.05, 0) is 30.7 Å². The van der Waals surface area contributed by atoms with Crippen molar-refractivity contribution in [2.24, 2.45) is 5.73 Å². The number of nitrogens with one attached hydrogen (secondary N) is 1. The van der Waals surface area contributed by atoms with Crippen molar-refractivity contribution in [1.29, 1.82) is 0 Å². The zero-order valence-electron chi connectivity index (χ0n) is 15.9. The van der Waals surface area contributed by atoms with Crippen molar-refractivity contribution in [2.45, 2.75) is 13.3 Å². The summed E-state index contributed by atoms with van der Waals surface area (Å²) < 4.78 is 5.58. The van der Waals surface area contributed by atoms with Crippen LogP contribution in [0.1, 0.15) is 21.7 Å². The molecule has 0 atom stereocenters. The molecule has 0 aliphatic carbocycles. The molecule has 3 rings (SSSR count). The summed E-state index contributed by atoms with van der Waals surface area (Å²) in [5.41, 5.74) is 8.91. The fraction of sp³-hybridized carbons (Fsp3) is 0.227. The monoisotopic (exact) mass is 376 g/mol. The molecule has 6 heteroatoms. The van der Waals surface area contributed by atoms with Crippen LogP contribution in [-0.4, -0.2) is 35.6 Å². The first-order chi connectivity index (χ1) is 13.7. The van der Waals surface area contributed by atoms with Gasteiger partial charge in [0.25, 0.3) is 5.91 Å². The Morgan fingerprint density at radius 1 is 1.14 bits per heavy atom. The second kappa shape index (κ2) is 9.62. The zero-order chi connectivity index (χ0) is 19.8. The third kappa shape index (κ3) is 5.14. The molecular weight excluding hydrogens is 352 g/mol. The van der Waals surface area contributed by atoms with Gasteiger partial charge in [0.15, 0.2) is 0 Å². The Morgan fingerprint density at radius 3 is 2.75 bits per heavy atom. The second-order valence-corrected chi connectivity index (χ2v) is 6.35. The van der Waals surface area contributed by atoms with Gasteiger partial charge in [0.1, 0.15) is 18.2 Å². The van der Waals surface area contributed by atoms with E-state index in [4.69, 9.17) is 10.5 Å². The Hall–Kier alpha value is -3.25. The number of benzene rings is 2. The number of hydrogen-bond acceptors (Lipinski definition) is 5. The molecule has 28 heavy (non-hydrogen) atoms. The van der Waals surface area contributed by atoms with Crippen molar-refractivity contribution in [3.8, 4) is 17.0 Å². The van der Waals surface area contributed by atoms with Gasteiger partial charge in [0, 0.05) is 36.8 Å². The Bertz CT molecular complexity index is 929. The maximum atomic E-state index is 12.4. The van der Waals surface area contributed by atoms with Crippen LogP contribution in [0.2, 0.25) is 0 Å². The molecule has 3 N–H and O–H groups in total. The van der Waals surface area contributed by atoms with Gasteiger partial charge in [-0.3, -0.25) is 4.79 Å². The van der Waals surface area contributed by atoms with Gasteiger partial charge < -0.3 is 15.8 Å². The Labute approximate surface area is 164 Å². The predicted octanol–water partition coefficient (Wildman–Crippen LogP) is 2.76. The molecule has 1 heterocycles. The van der Waals surface area contributed by atoms with E-state index in [9.17, 15) is 4.79 Å². The summed E-state index contributed by atoms with van der Waals surface area (Å²) in [5.74, 6) is 1.21. The average molecular weight is 376 g/mol. The van der Waals surface area contributed by atoms with Crippen LogP contribution in [0.15, 0.2) is 60.8 Å². The van der Waals surface area contributed by atoms with Crippen LogP contribution >= 0.6 is 0 Å². The third-order valence-corrected chi connectivity index (χ3v) is 4.23. The standard InChI is InChI=1S/C22H24N4O2/c1-16-7-8-18(15-20(16)28-14-11-23)22(27)25-13-10-21-24-12-9-19(26-21)17-5-3-2-4-6-17/h2-9,12,15H,10-11,13-14,23H2,1H3,(H,25,27). The highest BCUT2D eigenvalue weighted by Crippen LogP contribution is 2.19. The highest BCUT2D eigenvalue weighted by Gasteiger charge is 2.09. The summed E-state index contributed by atoms with van der Waals surface area (Å²) in [5, 5.41) is 2.91. The number of ether oxygens (including phenoxy) is 1. The number of carbonyl (C=O) groups excluding carboxylic acids is 1. The molecular formula is C22H24N4O2. The SMILES string of the molecule is Cc1ccc(C(=O)NCCc2nccc(-c3ccccc3)n2)cc1OCCN. The maximum Gasteiger partial charge on any atom is 0.251 e. The van der Waals surface area contributed by atoms with Crippen molar-refractivity contribution >= 4 is 5.91 Å². The highest BCUT2D eigenvalue weighted by molar-refractivity contribution is 5.94. The molecule has 3 aromatic rings. The first-order valence-electron chi connectivity index (χ1n) is 9.26. The summed E-state index contributed by atoms with van der Waals surface area (Å²) in [6.45, 7) is 3.23. The fourth-order valence-electron chi connectivity index (χ4n) is 2.74. The quantitative estimate of drug-likeness (QED) is 0.631. The third-order valence-electron chi connectivity index (χ3n) is 4.23. The first-order valence-corrected chi connectivity index (χ1v) is 9.26. The molecule has 0 aliphatic rings. The molecule has 0 unspecified atom stereocenters. The lowest BCUT2D eigenvalue weighted by atomic mass is 10.1. The van der Waals surface area contributed by atoms with E-state index in [-0.39, 0.29) is 5.91 Å². The Morgan fingerprint density at radius 2 is 1.96 bits per heavy atom. The van der Waals surface area contributed by atoms with Gasteiger partial charge in [-0.1, -0.05) is 36.4 Å². The predicted molar refractivity (Wildman–Crippen MR) is 109 cm³/mol. The number of hydrogen-bond donors (Lipinski definition) is 2. The van der Waals surface area contributed by atoms with Gasteiger partial charge >= 0.3 is 0 Å². The van der Waals surface area contributed by atoms with Crippen LogP contribution in [0, 0.1) is 6.92 Å². The summed E-state index contributed by atoms with van der Waals surface area (Å²) in [4.78, 5) is 21.3. The van der Waals surface area contributed by atoms with Gasteiger partial charge in [-0.15, -0.1) is 0 Å². The molecule has 6 nitrogen and oxygen atoms in total. The van der Waals surface area contributed by atoms with E-state index in [1.807, 2.05) is 49.4 Å². The number of carbonyl (C=O) groups is 1. The number of aromatic nitrogens is 2. The average Bonchev–Trinajstić information content (AvgIpc) is 2.74. The molecule has 144 valence electrons. The molecule has 0 spiro atoms. The van der Waals surface area contributed by atoms with Gasteiger partial charge in [0.2, 0.25) is 0 Å². The molecule has 1 aromatic heterocycles. The molecule has 0 bridgehead atoms. The molecule has 2 aromatic carbocycles. The van der Waals surface area contributed by atoms with Crippen LogP contribution in [0.3, 0.4) is 0 Å². The van der Waals surface area contributed by atoms with Gasteiger partial charge in [-0.2, -0.15) is 0 Å². The van der Waals surface area contributed by atoms with E-state index in [1.165, 1.54) is 0 Å². The largest absolute Gasteiger partial charge is 0.492 e. The van der Waals surface area contributed by atoms with Crippen LogP contribution < -0.4 is 15.8 Å². The normalized spacial score (nSPS) is 10.5. The Balaban J connectivity index is 1.59. The molecule has 0 aliphatic heterocycles. The molecule has 0 saturated carbocycles. The van der Waals surface area contributed by atoms with Gasteiger partial charge in [0.05, 0.1) is 5.69 Å². The number of rotatable bonds is 8. The van der Waals surface area contributed by atoms with E-state index in [1.54, 1.807) is 18.3 Å². The minimum atomic E-state index is -0.156. The van der Waals surface area contributed by atoms with E-state index in [2.05, 4.69) is 15.3 Å². The lowest BCUT2D eigenvalue weighted by molar-refractivity contribution is 0.0953. The van der Waals surface area contributed by atoms with Crippen molar-refractivity contribution in [3.05, 3.63) is 77.7 Å². The van der Waals surface area contributed by atoms with Crippen LogP contribution in [0.5, 0.6) is 5.75 Å². The zero-order valence-corrected chi connectivity index (χ0v) is 15.9. The summed E-state index contributed by atoms with van der Waals surface area (Å²) >= 11 is 0. The minimum Gasteiger partial charge on any atom is -0.492 e. The maximum absolute atomic E-state index is 12.4. The number of aryl methyl sites for hydroxylation is 1. The van der Waals surface area contributed by atoms with Crippen molar-refractivity contribution in [3.63, 3.8) is 0 Å². The molecule has 0 saturated heterocycles. The van der Waals surface area contributed by atoms with E-state index >= 15 is 0 Å². The second-order valence-electron chi connectivity index (χ2n) is 6.35. The van der Waals surface area contributed by atoms with Crippen molar-refractivity contribution in [2.75, 3.05) is 19.7 Å². The topological polar surface area (TPSA) is 90.1 Å². The van der Waals surface area contributed by atoms with E-state index in [0.717, 1.165) is 16.8 Å². The number of nitrogens with zero attached hydrogens (tertiary/aromatic N) is 2. The van der Waals surface area contributed by atoms with Crippen LogP contribution in [-0.2, 0) is 6.42 Å². The van der Waals surface area contributed by atoms with E-state index in [0.29, 0.717) is 43.3 Å². The molecule has 0 fully saturated rings. The Kier molecular flexibility index (Phi) is 6.70. The summed E-state index contributed by atoms with van der Waals surface area (Å²) in [6, 6.07) is 17.2. The lowest BCUT2D eigenvalue weighted by Crippen LogP contribution is -2.26. The van der Waals surface area contributed by atoms with Crippen LogP contribution in [0.4, 0.5) is 0 Å². The molecule has 1 amide bonds. The van der Waals surface area contributed by atoms with Gasteiger partial charge in [-0.25, -0.2) is 9.97 Å². The summed E-state index contributed by atoms with van der Waals surface area (Å²) in [6.07, 6.45) is 2.29. The minimum absolute atomic E-state index is 0.156. The number of nitrogens with two attached hydrogens (primary N) is 1. The van der Waals surface area contributed by atoms with Crippen LogP contribution in [0.25, 0.3) is 11.3 Å². The van der Waals surface area contributed by atoms with E-state index < -0.39 is 0 Å². The first kappa shape index (κ1) is 19.5. The lowest BCUT2D eigenvalue weighted by Gasteiger charge is -2.10. The number of amides is 1. The molecule has 0 radical (unpaired) electrons.